The summed E-state index contributed by atoms with van der Waals surface area (Å²) < 4.78 is 5.15. The summed E-state index contributed by atoms with van der Waals surface area (Å²) in [5.41, 5.74) is 1.96. The summed E-state index contributed by atoms with van der Waals surface area (Å²) in [4.78, 5) is 14.2. The molecule has 1 fully saturated rings. The van der Waals surface area contributed by atoms with E-state index in [4.69, 9.17) is 4.74 Å². The number of carbonyl (C=O) groups is 1. The molecule has 0 radical (unpaired) electrons. The van der Waals surface area contributed by atoms with Crippen LogP contribution in [0.1, 0.15) is 22.3 Å². The maximum absolute atomic E-state index is 12.3. The first-order chi connectivity index (χ1) is 8.74. The Hall–Kier alpha value is -0.870. The molecule has 1 heterocycles. The quantitative estimate of drug-likeness (QED) is 0.800. The van der Waals surface area contributed by atoms with E-state index < -0.39 is 0 Å². The minimum atomic E-state index is 0.134. The molecule has 1 aliphatic rings. The molecule has 1 amide bonds. The van der Waals surface area contributed by atoms with Crippen LogP contribution in [-0.4, -0.2) is 37.6 Å². The molecule has 0 aliphatic carbocycles. The van der Waals surface area contributed by atoms with Crippen molar-refractivity contribution in [2.45, 2.75) is 11.8 Å². The lowest BCUT2D eigenvalue weighted by molar-refractivity contribution is 0.0775. The van der Waals surface area contributed by atoms with Crippen LogP contribution in [0.2, 0.25) is 0 Å². The van der Waals surface area contributed by atoms with Gasteiger partial charge in [0.25, 0.3) is 5.91 Å². The Kier molecular flexibility index (Phi) is 4.78. The number of hydrogen-bond donors (Lipinski definition) is 0. The third-order valence-corrected chi connectivity index (χ3v) is 3.98. The lowest BCUT2D eigenvalue weighted by atomic mass is 10.1. The zero-order chi connectivity index (χ0) is 13.0. The van der Waals surface area contributed by atoms with Crippen LogP contribution in [0, 0.1) is 5.92 Å². The summed E-state index contributed by atoms with van der Waals surface area (Å²) in [6, 6.07) is 7.79. The first-order valence-corrected chi connectivity index (χ1v) is 7.30. The molecule has 0 bridgehead atoms. The van der Waals surface area contributed by atoms with E-state index in [-0.39, 0.29) is 5.91 Å². The predicted molar refractivity (Wildman–Crippen MR) is 75.0 cm³/mol. The van der Waals surface area contributed by atoms with Gasteiger partial charge in [-0.2, -0.15) is 0 Å². The Labute approximate surface area is 116 Å². The van der Waals surface area contributed by atoms with Crippen molar-refractivity contribution in [3.05, 3.63) is 35.4 Å². The molecule has 0 aromatic heterocycles. The van der Waals surface area contributed by atoms with E-state index in [1.165, 1.54) is 5.56 Å². The maximum Gasteiger partial charge on any atom is 0.253 e. The summed E-state index contributed by atoms with van der Waals surface area (Å²) >= 11 is 3.40. The Morgan fingerprint density at radius 3 is 2.78 bits per heavy atom. The number of benzene rings is 1. The highest BCUT2D eigenvalue weighted by Crippen LogP contribution is 2.19. The van der Waals surface area contributed by atoms with Crippen LogP contribution in [0.3, 0.4) is 0 Å². The molecule has 1 atom stereocenters. The number of amides is 1. The molecule has 4 heteroatoms. The van der Waals surface area contributed by atoms with Gasteiger partial charge >= 0.3 is 0 Å². The second kappa shape index (κ2) is 6.34. The number of ether oxygens (including phenoxy) is 1. The normalized spacial score (nSPS) is 19.2. The van der Waals surface area contributed by atoms with Crippen molar-refractivity contribution in [1.82, 2.24) is 4.90 Å². The molecule has 3 nitrogen and oxygen atoms in total. The first-order valence-electron chi connectivity index (χ1n) is 6.17. The molecule has 18 heavy (non-hydrogen) atoms. The van der Waals surface area contributed by atoms with E-state index in [0.717, 1.165) is 37.0 Å². The highest BCUT2D eigenvalue weighted by atomic mass is 79.9. The first kappa shape index (κ1) is 13.6. The standard InChI is InChI=1S/C14H18BrNO2/c1-18-10-12-6-7-16(9-12)14(17)13-4-2-11(8-15)3-5-13/h2-5,12H,6-10H2,1H3. The largest absolute Gasteiger partial charge is 0.384 e. The number of nitrogens with zero attached hydrogens (tertiary/aromatic N) is 1. The summed E-state index contributed by atoms with van der Waals surface area (Å²) in [5.74, 6) is 0.621. The Morgan fingerprint density at radius 1 is 1.44 bits per heavy atom. The SMILES string of the molecule is COCC1CCN(C(=O)c2ccc(CBr)cc2)C1. The van der Waals surface area contributed by atoms with Crippen molar-refractivity contribution >= 4 is 21.8 Å². The minimum absolute atomic E-state index is 0.134. The molecule has 98 valence electrons. The molecule has 0 spiro atoms. The second-order valence-corrected chi connectivity index (χ2v) is 5.25. The number of rotatable bonds is 4. The monoisotopic (exact) mass is 311 g/mol. The van der Waals surface area contributed by atoms with E-state index in [1.807, 2.05) is 29.2 Å². The van der Waals surface area contributed by atoms with Crippen molar-refractivity contribution < 1.29 is 9.53 Å². The minimum Gasteiger partial charge on any atom is -0.384 e. The topological polar surface area (TPSA) is 29.5 Å². The summed E-state index contributed by atoms with van der Waals surface area (Å²) in [5, 5.41) is 0.821. The third kappa shape index (κ3) is 3.12. The number of alkyl halides is 1. The number of hydrogen-bond acceptors (Lipinski definition) is 2. The van der Waals surface area contributed by atoms with E-state index in [1.54, 1.807) is 7.11 Å². The van der Waals surface area contributed by atoms with E-state index in [0.29, 0.717) is 5.92 Å². The van der Waals surface area contributed by atoms with Gasteiger partial charge in [0.1, 0.15) is 0 Å². The van der Waals surface area contributed by atoms with Crippen molar-refractivity contribution in [3.8, 4) is 0 Å². The Bertz CT molecular complexity index is 405. The number of likely N-dealkylation sites (tertiary alicyclic amines) is 1. The van der Waals surface area contributed by atoms with Crippen LogP contribution < -0.4 is 0 Å². The van der Waals surface area contributed by atoms with Gasteiger partial charge in [-0.3, -0.25) is 4.79 Å². The lowest BCUT2D eigenvalue weighted by Crippen LogP contribution is -2.29. The fourth-order valence-corrected chi connectivity index (χ4v) is 2.68. The zero-order valence-electron chi connectivity index (χ0n) is 10.6. The van der Waals surface area contributed by atoms with E-state index in [2.05, 4.69) is 15.9 Å². The second-order valence-electron chi connectivity index (χ2n) is 4.69. The van der Waals surface area contributed by atoms with Gasteiger partial charge in [0.15, 0.2) is 0 Å². The van der Waals surface area contributed by atoms with Gasteiger partial charge in [-0.05, 0) is 24.1 Å². The average Bonchev–Trinajstić information content (AvgIpc) is 2.87. The Morgan fingerprint density at radius 2 is 2.17 bits per heavy atom. The van der Waals surface area contributed by atoms with Crippen LogP contribution in [0.4, 0.5) is 0 Å². The predicted octanol–water partition coefficient (Wildman–Crippen LogP) is 2.69. The van der Waals surface area contributed by atoms with E-state index >= 15 is 0 Å². The average molecular weight is 312 g/mol. The molecule has 0 N–H and O–H groups in total. The van der Waals surface area contributed by atoms with Crippen molar-refractivity contribution in [3.63, 3.8) is 0 Å². The molecule has 1 saturated heterocycles. The highest BCUT2D eigenvalue weighted by Gasteiger charge is 2.26. The zero-order valence-corrected chi connectivity index (χ0v) is 12.1. The van der Waals surface area contributed by atoms with Crippen LogP contribution in [0.15, 0.2) is 24.3 Å². The van der Waals surface area contributed by atoms with Crippen molar-refractivity contribution in [2.24, 2.45) is 5.92 Å². The molecule has 0 saturated carbocycles. The molecule has 1 aromatic carbocycles. The molecule has 1 aromatic rings. The fraction of sp³-hybridized carbons (Fsp3) is 0.500. The van der Waals surface area contributed by atoms with Crippen LogP contribution >= 0.6 is 15.9 Å². The van der Waals surface area contributed by atoms with Gasteiger partial charge < -0.3 is 9.64 Å². The molecular weight excluding hydrogens is 294 g/mol. The maximum atomic E-state index is 12.3. The summed E-state index contributed by atoms with van der Waals surface area (Å²) in [6.45, 7) is 2.40. The van der Waals surface area contributed by atoms with Crippen LogP contribution in [0.5, 0.6) is 0 Å². The van der Waals surface area contributed by atoms with Gasteiger partial charge in [-0.15, -0.1) is 0 Å². The molecular formula is C14H18BrNO2. The van der Waals surface area contributed by atoms with Gasteiger partial charge in [0.05, 0.1) is 6.61 Å². The van der Waals surface area contributed by atoms with Crippen LogP contribution in [-0.2, 0) is 10.1 Å². The van der Waals surface area contributed by atoms with Gasteiger partial charge in [0.2, 0.25) is 0 Å². The summed E-state index contributed by atoms with van der Waals surface area (Å²) in [6.07, 6.45) is 1.04. The number of methoxy groups -OCH3 is 1. The van der Waals surface area contributed by atoms with E-state index in [9.17, 15) is 4.79 Å². The van der Waals surface area contributed by atoms with Gasteiger partial charge in [-0.1, -0.05) is 28.1 Å². The van der Waals surface area contributed by atoms with Gasteiger partial charge in [0, 0.05) is 37.0 Å². The number of carbonyl (C=O) groups excluding carboxylic acids is 1. The number of halogens is 1. The Balaban J connectivity index is 1.98. The lowest BCUT2D eigenvalue weighted by Gasteiger charge is -2.16. The third-order valence-electron chi connectivity index (χ3n) is 3.33. The molecule has 1 aliphatic heterocycles. The molecule has 1 unspecified atom stereocenters. The van der Waals surface area contributed by atoms with Crippen molar-refractivity contribution in [1.29, 1.82) is 0 Å². The van der Waals surface area contributed by atoms with Gasteiger partial charge in [-0.25, -0.2) is 0 Å². The molecule has 2 rings (SSSR count). The fourth-order valence-electron chi connectivity index (χ4n) is 2.31. The summed E-state index contributed by atoms with van der Waals surface area (Å²) in [7, 11) is 1.71. The van der Waals surface area contributed by atoms with Crippen LogP contribution in [0.25, 0.3) is 0 Å². The van der Waals surface area contributed by atoms with Crippen molar-refractivity contribution in [2.75, 3.05) is 26.8 Å². The smallest absolute Gasteiger partial charge is 0.253 e. The highest BCUT2D eigenvalue weighted by molar-refractivity contribution is 9.08.